The Morgan fingerprint density at radius 3 is 2.67 bits per heavy atom. The van der Waals surface area contributed by atoms with Gasteiger partial charge in [-0.15, -0.1) is 0 Å². The van der Waals surface area contributed by atoms with Gasteiger partial charge < -0.3 is 4.74 Å². The molecule has 0 spiro atoms. The Morgan fingerprint density at radius 2 is 2.08 bits per heavy atom. The molecule has 0 bridgehead atoms. The zero-order chi connectivity index (χ0) is 8.81. The van der Waals surface area contributed by atoms with Crippen LogP contribution in [0.25, 0.3) is 0 Å². The highest BCUT2D eigenvalue weighted by molar-refractivity contribution is 5.81. The standard InChI is InChI=1S/C10H19NO/c1-3-9(2)11-8-10-4-6-12-7-5-10/h10H,3-8H2,1-2H3. The summed E-state index contributed by atoms with van der Waals surface area (Å²) in [6.07, 6.45) is 3.48. The van der Waals surface area contributed by atoms with Crippen LogP contribution in [0, 0.1) is 5.92 Å². The van der Waals surface area contributed by atoms with E-state index in [2.05, 4.69) is 18.8 Å². The van der Waals surface area contributed by atoms with Crippen LogP contribution in [0.5, 0.6) is 0 Å². The molecule has 0 radical (unpaired) electrons. The van der Waals surface area contributed by atoms with Crippen LogP contribution in [0.1, 0.15) is 33.1 Å². The Bertz CT molecular complexity index is 148. The fourth-order valence-corrected chi connectivity index (χ4v) is 1.33. The van der Waals surface area contributed by atoms with E-state index in [-0.39, 0.29) is 0 Å². The van der Waals surface area contributed by atoms with Gasteiger partial charge in [0.15, 0.2) is 0 Å². The molecule has 1 rings (SSSR count). The maximum atomic E-state index is 5.28. The molecule has 1 saturated heterocycles. The van der Waals surface area contributed by atoms with E-state index in [0.717, 1.165) is 32.1 Å². The largest absolute Gasteiger partial charge is 0.381 e. The van der Waals surface area contributed by atoms with Crippen molar-refractivity contribution in [2.24, 2.45) is 10.9 Å². The Balaban J connectivity index is 2.21. The molecule has 0 saturated carbocycles. The highest BCUT2D eigenvalue weighted by atomic mass is 16.5. The Morgan fingerprint density at radius 1 is 1.42 bits per heavy atom. The lowest BCUT2D eigenvalue weighted by atomic mass is 10.0. The smallest absolute Gasteiger partial charge is 0.0469 e. The molecule has 0 N–H and O–H groups in total. The van der Waals surface area contributed by atoms with E-state index in [0.29, 0.717) is 0 Å². The number of aliphatic imine (C=N–C) groups is 1. The summed E-state index contributed by atoms with van der Waals surface area (Å²) < 4.78 is 5.28. The number of nitrogens with zero attached hydrogens (tertiary/aromatic N) is 1. The fourth-order valence-electron chi connectivity index (χ4n) is 1.33. The molecule has 0 aromatic carbocycles. The molecule has 70 valence electrons. The molecular weight excluding hydrogens is 150 g/mol. The van der Waals surface area contributed by atoms with E-state index < -0.39 is 0 Å². The number of rotatable bonds is 3. The SMILES string of the molecule is CCC(C)=NCC1CCOCC1. The van der Waals surface area contributed by atoms with Crippen molar-refractivity contribution in [2.75, 3.05) is 19.8 Å². The number of ether oxygens (including phenoxy) is 1. The van der Waals surface area contributed by atoms with Gasteiger partial charge in [-0.25, -0.2) is 0 Å². The summed E-state index contributed by atoms with van der Waals surface area (Å²) in [5.41, 5.74) is 1.28. The average molecular weight is 169 g/mol. The van der Waals surface area contributed by atoms with Gasteiger partial charge in [-0.2, -0.15) is 0 Å². The number of hydrogen-bond donors (Lipinski definition) is 0. The lowest BCUT2D eigenvalue weighted by Crippen LogP contribution is -2.18. The summed E-state index contributed by atoms with van der Waals surface area (Å²) in [5.74, 6) is 0.778. The van der Waals surface area contributed by atoms with Crippen molar-refractivity contribution in [3.05, 3.63) is 0 Å². The van der Waals surface area contributed by atoms with Crippen molar-refractivity contribution >= 4 is 5.71 Å². The zero-order valence-corrected chi connectivity index (χ0v) is 8.18. The maximum Gasteiger partial charge on any atom is 0.0469 e. The summed E-state index contributed by atoms with van der Waals surface area (Å²) in [7, 11) is 0. The van der Waals surface area contributed by atoms with Crippen LogP contribution < -0.4 is 0 Å². The van der Waals surface area contributed by atoms with E-state index >= 15 is 0 Å². The number of hydrogen-bond acceptors (Lipinski definition) is 2. The van der Waals surface area contributed by atoms with Gasteiger partial charge in [0.05, 0.1) is 0 Å². The Kier molecular flexibility index (Phi) is 4.30. The second-order valence-corrected chi connectivity index (χ2v) is 3.49. The predicted octanol–water partition coefficient (Wildman–Crippen LogP) is 2.28. The second-order valence-electron chi connectivity index (χ2n) is 3.49. The highest BCUT2D eigenvalue weighted by Gasteiger charge is 2.12. The third kappa shape index (κ3) is 3.35. The quantitative estimate of drug-likeness (QED) is 0.594. The van der Waals surface area contributed by atoms with Gasteiger partial charge >= 0.3 is 0 Å². The van der Waals surface area contributed by atoms with Crippen molar-refractivity contribution in [3.8, 4) is 0 Å². The van der Waals surface area contributed by atoms with Crippen molar-refractivity contribution in [3.63, 3.8) is 0 Å². The van der Waals surface area contributed by atoms with Crippen molar-refractivity contribution < 1.29 is 4.74 Å². The zero-order valence-electron chi connectivity index (χ0n) is 8.18. The lowest BCUT2D eigenvalue weighted by Gasteiger charge is -2.20. The molecule has 2 nitrogen and oxygen atoms in total. The van der Waals surface area contributed by atoms with Gasteiger partial charge in [0.2, 0.25) is 0 Å². The molecule has 1 fully saturated rings. The van der Waals surface area contributed by atoms with E-state index in [1.165, 1.54) is 18.6 Å². The van der Waals surface area contributed by atoms with Crippen molar-refractivity contribution in [2.45, 2.75) is 33.1 Å². The minimum atomic E-state index is 0.778. The maximum absolute atomic E-state index is 5.28. The van der Waals surface area contributed by atoms with Crippen LogP contribution >= 0.6 is 0 Å². The van der Waals surface area contributed by atoms with Crippen molar-refractivity contribution in [1.29, 1.82) is 0 Å². The van der Waals surface area contributed by atoms with E-state index in [1.807, 2.05) is 0 Å². The average Bonchev–Trinajstić information content (AvgIpc) is 2.16. The van der Waals surface area contributed by atoms with Gasteiger partial charge in [0, 0.05) is 25.5 Å². The first-order valence-corrected chi connectivity index (χ1v) is 4.90. The first-order valence-electron chi connectivity index (χ1n) is 4.90. The lowest BCUT2D eigenvalue weighted by molar-refractivity contribution is 0.0689. The highest BCUT2D eigenvalue weighted by Crippen LogP contribution is 2.14. The molecule has 0 amide bonds. The van der Waals surface area contributed by atoms with Crippen LogP contribution in [0.4, 0.5) is 0 Å². The molecule has 1 heterocycles. The molecule has 2 heteroatoms. The molecule has 0 aromatic heterocycles. The molecular formula is C10H19NO. The summed E-state index contributed by atoms with van der Waals surface area (Å²) in [6.45, 7) is 7.15. The van der Waals surface area contributed by atoms with Crippen LogP contribution in [0.3, 0.4) is 0 Å². The van der Waals surface area contributed by atoms with E-state index in [1.54, 1.807) is 0 Å². The predicted molar refractivity (Wildman–Crippen MR) is 51.8 cm³/mol. The second kappa shape index (κ2) is 5.31. The molecule has 1 aliphatic heterocycles. The third-order valence-corrected chi connectivity index (χ3v) is 2.47. The molecule has 12 heavy (non-hydrogen) atoms. The van der Waals surface area contributed by atoms with E-state index in [9.17, 15) is 0 Å². The summed E-state index contributed by atoms with van der Waals surface area (Å²) in [6, 6.07) is 0. The monoisotopic (exact) mass is 169 g/mol. The van der Waals surface area contributed by atoms with Crippen molar-refractivity contribution in [1.82, 2.24) is 0 Å². The van der Waals surface area contributed by atoms with Gasteiger partial charge in [0.25, 0.3) is 0 Å². The van der Waals surface area contributed by atoms with Gasteiger partial charge in [-0.3, -0.25) is 4.99 Å². The normalized spacial score (nSPS) is 21.3. The molecule has 0 aliphatic carbocycles. The minimum Gasteiger partial charge on any atom is -0.381 e. The summed E-state index contributed by atoms with van der Waals surface area (Å²) in [5, 5.41) is 0. The first kappa shape index (κ1) is 9.72. The fraction of sp³-hybridized carbons (Fsp3) is 0.900. The Hall–Kier alpha value is -0.370. The van der Waals surface area contributed by atoms with Crippen LogP contribution in [0.2, 0.25) is 0 Å². The molecule has 0 unspecified atom stereocenters. The Labute approximate surface area is 75.0 Å². The van der Waals surface area contributed by atoms with Gasteiger partial charge in [0.1, 0.15) is 0 Å². The topological polar surface area (TPSA) is 21.6 Å². The summed E-state index contributed by atoms with van der Waals surface area (Å²) >= 11 is 0. The van der Waals surface area contributed by atoms with Crippen LogP contribution in [0.15, 0.2) is 4.99 Å². The van der Waals surface area contributed by atoms with Gasteiger partial charge in [-0.1, -0.05) is 6.92 Å². The minimum absolute atomic E-state index is 0.778. The molecule has 0 atom stereocenters. The summed E-state index contributed by atoms with van der Waals surface area (Å²) in [4.78, 5) is 4.53. The van der Waals surface area contributed by atoms with Crippen LogP contribution in [-0.4, -0.2) is 25.5 Å². The first-order chi connectivity index (χ1) is 5.83. The third-order valence-electron chi connectivity index (χ3n) is 2.47. The van der Waals surface area contributed by atoms with E-state index in [4.69, 9.17) is 4.74 Å². The van der Waals surface area contributed by atoms with Crippen LogP contribution in [-0.2, 0) is 4.74 Å². The van der Waals surface area contributed by atoms with Gasteiger partial charge in [-0.05, 0) is 32.1 Å². The molecule has 1 aliphatic rings. The molecule has 0 aromatic rings.